The largest absolute Gasteiger partial charge is 0.446 e. The van der Waals surface area contributed by atoms with E-state index in [0.717, 1.165) is 6.07 Å². The lowest BCUT2D eigenvalue weighted by molar-refractivity contribution is -0.0328. The molecule has 0 aliphatic rings. The number of benzene rings is 2. The molecule has 0 saturated carbocycles. The van der Waals surface area contributed by atoms with Crippen molar-refractivity contribution in [2.24, 2.45) is 0 Å². The molecule has 3 aromatic rings. The summed E-state index contributed by atoms with van der Waals surface area (Å²) in [5.74, 6) is -0.270. The Bertz CT molecular complexity index is 1070. The minimum Gasteiger partial charge on any atom is -0.344 e. The van der Waals surface area contributed by atoms with Gasteiger partial charge >= 0.3 is 5.51 Å². The third kappa shape index (κ3) is 5.73. The number of nitrogens with one attached hydrogen (secondary N) is 2. The van der Waals surface area contributed by atoms with Crippen molar-refractivity contribution in [3.05, 3.63) is 82.3 Å². The van der Waals surface area contributed by atoms with Crippen LogP contribution in [0.2, 0.25) is 0 Å². The summed E-state index contributed by atoms with van der Waals surface area (Å²) in [6, 6.07) is 15.4. The Hall–Kier alpha value is -3.07. The molecule has 0 radical (unpaired) electrons. The van der Waals surface area contributed by atoms with Crippen LogP contribution in [0, 0.1) is 0 Å². The van der Waals surface area contributed by atoms with Crippen LogP contribution in [0.15, 0.2) is 70.4 Å². The van der Waals surface area contributed by atoms with Crippen molar-refractivity contribution in [3.63, 3.8) is 0 Å². The smallest absolute Gasteiger partial charge is 0.344 e. The van der Waals surface area contributed by atoms with Crippen LogP contribution in [0.5, 0.6) is 0 Å². The normalized spacial score (nSPS) is 12.4. The van der Waals surface area contributed by atoms with Gasteiger partial charge in [0.1, 0.15) is 11.5 Å². The second-order valence-corrected chi connectivity index (χ2v) is 7.53. The van der Waals surface area contributed by atoms with Gasteiger partial charge in [-0.05, 0) is 35.9 Å². The molecule has 156 valence electrons. The molecule has 0 fully saturated rings. The molecule has 0 saturated heterocycles. The van der Waals surface area contributed by atoms with E-state index < -0.39 is 23.0 Å². The van der Waals surface area contributed by atoms with Gasteiger partial charge in [-0.25, -0.2) is 4.98 Å². The van der Waals surface area contributed by atoms with Crippen LogP contribution in [-0.4, -0.2) is 21.4 Å². The molecule has 1 atom stereocenters. The van der Waals surface area contributed by atoms with Gasteiger partial charge in [-0.1, -0.05) is 49.4 Å². The highest BCUT2D eigenvalue weighted by Gasteiger charge is 2.29. The number of alkyl halides is 3. The molecule has 0 aliphatic heterocycles. The van der Waals surface area contributed by atoms with Gasteiger partial charge in [0.25, 0.3) is 11.5 Å². The third-order valence-corrected chi connectivity index (χ3v) is 4.99. The zero-order valence-electron chi connectivity index (χ0n) is 15.9. The molecular weight excluding hydrogens is 415 g/mol. The lowest BCUT2D eigenvalue weighted by Crippen LogP contribution is -2.30. The minimum absolute atomic E-state index is 0.0414. The predicted octanol–water partition coefficient (Wildman–Crippen LogP) is 4.93. The molecule has 0 aliphatic carbocycles. The molecule has 2 N–H and O–H groups in total. The summed E-state index contributed by atoms with van der Waals surface area (Å²) in [6.07, 6.45) is 0.506. The molecule has 1 unspecified atom stereocenters. The molecular formula is C21H18F3N3O2S. The summed E-state index contributed by atoms with van der Waals surface area (Å²) in [5, 5.41) is 2.79. The van der Waals surface area contributed by atoms with Gasteiger partial charge in [-0.15, -0.1) is 0 Å². The van der Waals surface area contributed by atoms with Crippen LogP contribution >= 0.6 is 11.8 Å². The molecule has 3 rings (SSSR count). The van der Waals surface area contributed by atoms with Crippen LogP contribution in [-0.2, 0) is 0 Å². The predicted molar refractivity (Wildman–Crippen MR) is 109 cm³/mol. The number of hydrogen-bond donors (Lipinski definition) is 2. The van der Waals surface area contributed by atoms with Gasteiger partial charge in [0.15, 0.2) is 0 Å². The van der Waals surface area contributed by atoms with Crippen molar-refractivity contribution in [2.75, 3.05) is 0 Å². The number of nitrogens with zero attached hydrogens (tertiary/aromatic N) is 1. The highest BCUT2D eigenvalue weighted by Crippen LogP contribution is 2.37. The molecule has 0 spiro atoms. The summed E-state index contributed by atoms with van der Waals surface area (Å²) < 4.78 is 37.5. The SMILES string of the molecule is CCC(NC(=O)c1cc(=O)[nH]c(-c2ccccc2)n1)c1ccc(SC(F)(F)F)cc1. The van der Waals surface area contributed by atoms with E-state index in [1.165, 1.54) is 12.1 Å². The number of rotatable bonds is 6. The quantitative estimate of drug-likeness (QED) is 0.541. The van der Waals surface area contributed by atoms with Gasteiger partial charge in [0.05, 0.1) is 6.04 Å². The maximum atomic E-state index is 12.7. The number of H-pyrrole nitrogens is 1. The number of carbonyl (C=O) groups is 1. The molecule has 2 aromatic carbocycles. The summed E-state index contributed by atoms with van der Waals surface area (Å²) in [6.45, 7) is 1.84. The van der Waals surface area contributed by atoms with Crippen molar-refractivity contribution in [1.82, 2.24) is 15.3 Å². The maximum absolute atomic E-state index is 12.7. The van der Waals surface area contributed by atoms with Gasteiger partial charge in [-0.3, -0.25) is 9.59 Å². The first kappa shape index (κ1) is 21.6. The van der Waals surface area contributed by atoms with Crippen molar-refractivity contribution >= 4 is 17.7 Å². The fourth-order valence-corrected chi connectivity index (χ4v) is 3.40. The monoisotopic (exact) mass is 433 g/mol. The zero-order valence-corrected chi connectivity index (χ0v) is 16.7. The second-order valence-electron chi connectivity index (χ2n) is 6.40. The highest BCUT2D eigenvalue weighted by atomic mass is 32.2. The highest BCUT2D eigenvalue weighted by molar-refractivity contribution is 8.00. The van der Waals surface area contributed by atoms with E-state index in [4.69, 9.17) is 0 Å². The van der Waals surface area contributed by atoms with E-state index in [9.17, 15) is 22.8 Å². The molecule has 5 nitrogen and oxygen atoms in total. The standard InChI is InChI=1S/C21H18F3N3O2S/c1-2-16(13-8-10-15(11-9-13)30-21(22,23)24)26-20(29)17-12-18(28)27-19(25-17)14-6-4-3-5-7-14/h3-12,16H,2H2,1H3,(H,26,29)(H,25,27,28). The summed E-state index contributed by atoms with van der Waals surface area (Å²) >= 11 is -0.195. The molecule has 1 heterocycles. The van der Waals surface area contributed by atoms with E-state index in [1.54, 1.807) is 36.4 Å². The van der Waals surface area contributed by atoms with Crippen LogP contribution < -0.4 is 10.9 Å². The third-order valence-electron chi connectivity index (χ3n) is 4.25. The molecule has 1 amide bonds. The first-order valence-electron chi connectivity index (χ1n) is 9.08. The summed E-state index contributed by atoms with van der Waals surface area (Å²) in [5.41, 5.74) is -3.54. The van der Waals surface area contributed by atoms with E-state index in [2.05, 4.69) is 15.3 Å². The Kier molecular flexibility index (Phi) is 6.61. The Morgan fingerprint density at radius 1 is 1.13 bits per heavy atom. The lowest BCUT2D eigenvalue weighted by Gasteiger charge is -2.18. The number of aromatic nitrogens is 2. The zero-order chi connectivity index (χ0) is 21.7. The van der Waals surface area contributed by atoms with Gasteiger partial charge in [0, 0.05) is 16.5 Å². The fourth-order valence-electron chi connectivity index (χ4n) is 2.86. The van der Waals surface area contributed by atoms with Crippen LogP contribution in [0.25, 0.3) is 11.4 Å². The Morgan fingerprint density at radius 3 is 2.40 bits per heavy atom. The number of carbonyl (C=O) groups excluding carboxylic acids is 1. The molecule has 9 heteroatoms. The number of halogens is 3. The average Bonchev–Trinajstić information content (AvgIpc) is 2.71. The van der Waals surface area contributed by atoms with Crippen LogP contribution in [0.3, 0.4) is 0 Å². The van der Waals surface area contributed by atoms with Gasteiger partial charge in [-0.2, -0.15) is 13.2 Å². The summed E-state index contributed by atoms with van der Waals surface area (Å²) in [7, 11) is 0. The topological polar surface area (TPSA) is 74.8 Å². The van der Waals surface area contributed by atoms with E-state index in [-0.39, 0.29) is 28.2 Å². The first-order valence-corrected chi connectivity index (χ1v) is 9.90. The molecule has 0 bridgehead atoms. The second kappa shape index (κ2) is 9.17. The summed E-state index contributed by atoms with van der Waals surface area (Å²) in [4.78, 5) is 31.6. The Labute approximate surface area is 174 Å². The van der Waals surface area contributed by atoms with E-state index in [0.29, 0.717) is 17.5 Å². The van der Waals surface area contributed by atoms with Crippen LogP contribution in [0.4, 0.5) is 13.2 Å². The average molecular weight is 433 g/mol. The Morgan fingerprint density at radius 2 is 1.80 bits per heavy atom. The first-order chi connectivity index (χ1) is 14.2. The van der Waals surface area contributed by atoms with Crippen LogP contribution in [0.1, 0.15) is 35.4 Å². The van der Waals surface area contributed by atoms with Crippen molar-refractivity contribution in [2.45, 2.75) is 29.8 Å². The lowest BCUT2D eigenvalue weighted by atomic mass is 10.0. The fraction of sp³-hybridized carbons (Fsp3) is 0.190. The number of hydrogen-bond acceptors (Lipinski definition) is 4. The van der Waals surface area contributed by atoms with E-state index in [1.807, 2.05) is 13.0 Å². The van der Waals surface area contributed by atoms with Gasteiger partial charge < -0.3 is 10.3 Å². The number of aromatic amines is 1. The van der Waals surface area contributed by atoms with Crippen molar-refractivity contribution < 1.29 is 18.0 Å². The van der Waals surface area contributed by atoms with E-state index >= 15 is 0 Å². The van der Waals surface area contributed by atoms with Crippen molar-refractivity contribution in [3.8, 4) is 11.4 Å². The Balaban J connectivity index is 1.79. The maximum Gasteiger partial charge on any atom is 0.446 e. The number of amides is 1. The van der Waals surface area contributed by atoms with Crippen molar-refractivity contribution in [1.29, 1.82) is 0 Å². The molecule has 1 aromatic heterocycles. The number of thioether (sulfide) groups is 1. The van der Waals surface area contributed by atoms with Gasteiger partial charge in [0.2, 0.25) is 0 Å². The minimum atomic E-state index is -4.36. The molecule has 30 heavy (non-hydrogen) atoms.